The fourth-order valence-corrected chi connectivity index (χ4v) is 2.79. The predicted molar refractivity (Wildman–Crippen MR) is 99.3 cm³/mol. The lowest BCUT2D eigenvalue weighted by atomic mass is 9.93. The van der Waals surface area contributed by atoms with Gasteiger partial charge in [-0.25, -0.2) is 9.78 Å². The minimum Gasteiger partial charge on any atom is -0.465 e. The molecule has 25 heavy (non-hydrogen) atoms. The number of nitrogens with zero attached hydrogens (tertiary/aromatic N) is 1. The maximum Gasteiger partial charge on any atom is 0.337 e. The van der Waals surface area contributed by atoms with Gasteiger partial charge in [0.05, 0.1) is 30.9 Å². The highest BCUT2D eigenvalue weighted by atomic mass is 16.5. The topological polar surface area (TPSA) is 55.0 Å². The summed E-state index contributed by atoms with van der Waals surface area (Å²) in [5, 5.41) is 0. The summed E-state index contributed by atoms with van der Waals surface area (Å²) in [5.74, 6) is -0.343. The zero-order valence-electron chi connectivity index (χ0n) is 14.5. The normalized spacial score (nSPS) is 11.4. The Morgan fingerprint density at radius 1 is 1.16 bits per heavy atom. The van der Waals surface area contributed by atoms with Crippen LogP contribution in [0.2, 0.25) is 0 Å². The van der Waals surface area contributed by atoms with Crippen LogP contribution in [0.3, 0.4) is 0 Å². The number of hydrogen-bond acceptors (Lipinski definition) is 3. The SMILES string of the molecule is COC(=O)c1cccc(/C=C(\c2cnc[nH]2)c2cccc(C)c2C)c1. The van der Waals surface area contributed by atoms with Crippen molar-refractivity contribution in [2.24, 2.45) is 0 Å². The average Bonchev–Trinajstić information content (AvgIpc) is 3.16. The Kier molecular flexibility index (Phi) is 4.80. The summed E-state index contributed by atoms with van der Waals surface area (Å²) in [4.78, 5) is 19.1. The molecule has 0 fully saturated rings. The van der Waals surface area contributed by atoms with Crippen LogP contribution in [0.15, 0.2) is 55.0 Å². The van der Waals surface area contributed by atoms with Crippen LogP contribution in [-0.4, -0.2) is 23.0 Å². The third-order valence-corrected chi connectivity index (χ3v) is 4.30. The number of esters is 1. The van der Waals surface area contributed by atoms with Crippen LogP contribution in [0.1, 0.15) is 38.3 Å². The second kappa shape index (κ2) is 7.18. The molecule has 0 saturated carbocycles. The zero-order chi connectivity index (χ0) is 17.8. The molecule has 2 aromatic carbocycles. The highest BCUT2D eigenvalue weighted by Crippen LogP contribution is 2.28. The lowest BCUT2D eigenvalue weighted by molar-refractivity contribution is 0.0600. The van der Waals surface area contributed by atoms with Gasteiger partial charge in [0.15, 0.2) is 0 Å². The second-order valence-corrected chi connectivity index (χ2v) is 5.89. The van der Waals surface area contributed by atoms with E-state index >= 15 is 0 Å². The van der Waals surface area contributed by atoms with Gasteiger partial charge in [-0.05, 0) is 54.3 Å². The van der Waals surface area contributed by atoms with Crippen molar-refractivity contribution in [1.82, 2.24) is 9.97 Å². The fourth-order valence-electron chi connectivity index (χ4n) is 2.79. The molecule has 0 aliphatic rings. The first kappa shape index (κ1) is 16.7. The monoisotopic (exact) mass is 332 g/mol. The van der Waals surface area contributed by atoms with Gasteiger partial charge in [-0.1, -0.05) is 30.3 Å². The third-order valence-electron chi connectivity index (χ3n) is 4.30. The van der Waals surface area contributed by atoms with Crippen LogP contribution in [0.4, 0.5) is 0 Å². The molecule has 0 amide bonds. The van der Waals surface area contributed by atoms with Crippen LogP contribution in [0.5, 0.6) is 0 Å². The van der Waals surface area contributed by atoms with E-state index in [0.717, 1.165) is 22.4 Å². The molecule has 0 aliphatic heterocycles. The number of carbonyl (C=O) groups excluding carboxylic acids is 1. The number of aromatic nitrogens is 2. The number of aryl methyl sites for hydroxylation is 1. The first-order chi connectivity index (χ1) is 12.1. The number of aromatic amines is 1. The Bertz CT molecular complexity index is 925. The Morgan fingerprint density at radius 2 is 1.96 bits per heavy atom. The highest BCUT2D eigenvalue weighted by Gasteiger charge is 2.12. The van der Waals surface area contributed by atoms with Gasteiger partial charge < -0.3 is 9.72 Å². The molecule has 0 saturated heterocycles. The van der Waals surface area contributed by atoms with Crippen molar-refractivity contribution in [2.75, 3.05) is 7.11 Å². The van der Waals surface area contributed by atoms with E-state index in [0.29, 0.717) is 5.56 Å². The van der Waals surface area contributed by atoms with E-state index in [2.05, 4.69) is 42.0 Å². The standard InChI is InChI=1S/C21H20N2O2/c1-14-6-4-9-18(15(14)2)19(20-12-22-13-23-20)11-16-7-5-8-17(10-16)21(24)25-3/h4-13H,1-3H3,(H,22,23)/b19-11-. The van der Waals surface area contributed by atoms with Crippen molar-refractivity contribution < 1.29 is 9.53 Å². The summed E-state index contributed by atoms with van der Waals surface area (Å²) >= 11 is 0. The Hall–Kier alpha value is -3.14. The van der Waals surface area contributed by atoms with Crippen LogP contribution in [0.25, 0.3) is 11.6 Å². The second-order valence-electron chi connectivity index (χ2n) is 5.89. The van der Waals surface area contributed by atoms with Gasteiger partial charge >= 0.3 is 5.97 Å². The Labute approximate surface area is 147 Å². The van der Waals surface area contributed by atoms with E-state index in [1.54, 1.807) is 18.6 Å². The maximum atomic E-state index is 11.8. The van der Waals surface area contributed by atoms with Crippen molar-refractivity contribution in [1.29, 1.82) is 0 Å². The van der Waals surface area contributed by atoms with Crippen LogP contribution >= 0.6 is 0 Å². The number of benzene rings is 2. The summed E-state index contributed by atoms with van der Waals surface area (Å²) in [5.41, 5.74) is 6.99. The van der Waals surface area contributed by atoms with Crippen molar-refractivity contribution >= 4 is 17.6 Å². The molecule has 1 aromatic heterocycles. The summed E-state index contributed by atoms with van der Waals surface area (Å²) in [6.45, 7) is 4.21. The molecule has 1 N–H and O–H groups in total. The molecule has 4 heteroatoms. The summed E-state index contributed by atoms with van der Waals surface area (Å²) in [6.07, 6.45) is 5.53. The van der Waals surface area contributed by atoms with Gasteiger partial charge in [-0.2, -0.15) is 0 Å². The molecule has 4 nitrogen and oxygen atoms in total. The predicted octanol–water partition coefficient (Wildman–Crippen LogP) is 4.40. The summed E-state index contributed by atoms with van der Waals surface area (Å²) in [6, 6.07) is 13.6. The fraction of sp³-hybridized carbons (Fsp3) is 0.143. The Morgan fingerprint density at radius 3 is 2.68 bits per heavy atom. The number of hydrogen-bond donors (Lipinski definition) is 1. The van der Waals surface area contributed by atoms with Gasteiger partial charge in [0.1, 0.15) is 0 Å². The van der Waals surface area contributed by atoms with Crippen molar-refractivity contribution in [3.05, 3.63) is 88.5 Å². The first-order valence-electron chi connectivity index (χ1n) is 8.05. The number of nitrogens with one attached hydrogen (secondary N) is 1. The molecule has 0 bridgehead atoms. The van der Waals surface area contributed by atoms with Gasteiger partial charge in [0.25, 0.3) is 0 Å². The van der Waals surface area contributed by atoms with E-state index in [1.807, 2.05) is 24.3 Å². The summed E-state index contributed by atoms with van der Waals surface area (Å²) in [7, 11) is 1.39. The van der Waals surface area contributed by atoms with Crippen LogP contribution in [-0.2, 0) is 4.74 Å². The number of imidazole rings is 1. The molecule has 0 aliphatic carbocycles. The molecular formula is C21H20N2O2. The zero-order valence-corrected chi connectivity index (χ0v) is 14.5. The first-order valence-corrected chi connectivity index (χ1v) is 8.05. The molecule has 0 atom stereocenters. The van der Waals surface area contributed by atoms with Crippen LogP contribution < -0.4 is 0 Å². The van der Waals surface area contributed by atoms with E-state index in [-0.39, 0.29) is 5.97 Å². The highest BCUT2D eigenvalue weighted by molar-refractivity contribution is 5.94. The average molecular weight is 332 g/mol. The van der Waals surface area contributed by atoms with Crippen molar-refractivity contribution in [3.63, 3.8) is 0 Å². The lowest BCUT2D eigenvalue weighted by Gasteiger charge is -2.12. The number of rotatable bonds is 4. The molecule has 0 unspecified atom stereocenters. The molecule has 1 heterocycles. The largest absolute Gasteiger partial charge is 0.465 e. The van der Waals surface area contributed by atoms with E-state index in [4.69, 9.17) is 4.74 Å². The van der Waals surface area contributed by atoms with Gasteiger partial charge in [0, 0.05) is 5.57 Å². The van der Waals surface area contributed by atoms with E-state index in [1.165, 1.54) is 18.2 Å². The van der Waals surface area contributed by atoms with Gasteiger partial charge in [-0.15, -0.1) is 0 Å². The lowest BCUT2D eigenvalue weighted by Crippen LogP contribution is -2.01. The molecular weight excluding hydrogens is 312 g/mol. The van der Waals surface area contributed by atoms with Gasteiger partial charge in [-0.3, -0.25) is 0 Å². The molecule has 0 radical (unpaired) electrons. The van der Waals surface area contributed by atoms with Crippen LogP contribution in [0, 0.1) is 13.8 Å². The number of ether oxygens (including phenoxy) is 1. The minimum absolute atomic E-state index is 0.343. The van der Waals surface area contributed by atoms with E-state index < -0.39 is 0 Å². The quantitative estimate of drug-likeness (QED) is 0.569. The number of methoxy groups -OCH3 is 1. The van der Waals surface area contributed by atoms with Gasteiger partial charge in [0.2, 0.25) is 0 Å². The molecule has 126 valence electrons. The molecule has 3 aromatic rings. The number of H-pyrrole nitrogens is 1. The minimum atomic E-state index is -0.343. The maximum absolute atomic E-state index is 11.8. The molecule has 0 spiro atoms. The third kappa shape index (κ3) is 3.53. The van der Waals surface area contributed by atoms with Crippen molar-refractivity contribution in [3.8, 4) is 0 Å². The smallest absolute Gasteiger partial charge is 0.337 e. The van der Waals surface area contributed by atoms with E-state index in [9.17, 15) is 4.79 Å². The van der Waals surface area contributed by atoms with Crippen molar-refractivity contribution in [2.45, 2.75) is 13.8 Å². The molecule has 3 rings (SSSR count). The number of carbonyl (C=O) groups is 1. The Balaban J connectivity index is 2.15. The summed E-state index contributed by atoms with van der Waals surface area (Å²) < 4.78 is 4.81.